The number of nitrogens with one attached hydrogen (secondary N) is 1. The van der Waals surface area contributed by atoms with Gasteiger partial charge < -0.3 is 11.1 Å². The molecule has 0 unspecified atom stereocenters. The minimum atomic E-state index is -0.251. The van der Waals surface area contributed by atoms with E-state index in [-0.39, 0.29) is 16.9 Å². The minimum Gasteiger partial charge on any atom is -0.384 e. The number of rotatable bonds is 3. The summed E-state index contributed by atoms with van der Waals surface area (Å²) >= 11 is 7.24. The van der Waals surface area contributed by atoms with Crippen LogP contribution in [0, 0.1) is 6.92 Å². The molecule has 2 aromatic heterocycles. The van der Waals surface area contributed by atoms with Crippen LogP contribution < -0.4 is 11.1 Å². The first kappa shape index (κ1) is 12.8. The van der Waals surface area contributed by atoms with Gasteiger partial charge in [-0.05, 0) is 19.1 Å². The lowest BCUT2D eigenvalue weighted by Crippen LogP contribution is -2.23. The van der Waals surface area contributed by atoms with E-state index in [2.05, 4.69) is 15.3 Å². The van der Waals surface area contributed by atoms with Crippen LogP contribution in [0.3, 0.4) is 0 Å². The van der Waals surface area contributed by atoms with Gasteiger partial charge in [0, 0.05) is 16.6 Å². The molecule has 2 aromatic rings. The number of amides is 1. The summed E-state index contributed by atoms with van der Waals surface area (Å²) in [5.74, 6) is -0.0309. The van der Waals surface area contributed by atoms with Crippen LogP contribution in [0.2, 0.25) is 5.15 Å². The van der Waals surface area contributed by atoms with Crippen LogP contribution in [0.15, 0.2) is 17.5 Å². The molecule has 0 aromatic carbocycles. The lowest BCUT2D eigenvalue weighted by atomic mass is 10.2. The van der Waals surface area contributed by atoms with Gasteiger partial charge in [0.2, 0.25) is 0 Å². The van der Waals surface area contributed by atoms with Crippen molar-refractivity contribution in [1.82, 2.24) is 15.3 Å². The van der Waals surface area contributed by atoms with Gasteiger partial charge in [-0.15, -0.1) is 11.3 Å². The number of hydrogen-bond donors (Lipinski definition) is 2. The van der Waals surface area contributed by atoms with Gasteiger partial charge >= 0.3 is 0 Å². The number of carbonyl (C=O) groups excluding carboxylic acids is 1. The maximum atomic E-state index is 11.9. The Morgan fingerprint density at radius 3 is 2.89 bits per heavy atom. The molecule has 0 saturated carbocycles. The van der Waals surface area contributed by atoms with Gasteiger partial charge in [-0.3, -0.25) is 4.79 Å². The van der Waals surface area contributed by atoms with Crippen molar-refractivity contribution in [1.29, 1.82) is 0 Å². The lowest BCUT2D eigenvalue weighted by Gasteiger charge is -2.04. The van der Waals surface area contributed by atoms with Crippen LogP contribution in [0.25, 0.3) is 0 Å². The Balaban J connectivity index is 2.03. The van der Waals surface area contributed by atoms with E-state index in [9.17, 15) is 4.79 Å². The first-order valence-corrected chi connectivity index (χ1v) is 6.42. The zero-order valence-electron chi connectivity index (χ0n) is 9.61. The predicted molar refractivity (Wildman–Crippen MR) is 71.7 cm³/mol. The third-order valence-electron chi connectivity index (χ3n) is 2.14. The normalized spacial score (nSPS) is 10.3. The van der Waals surface area contributed by atoms with E-state index in [0.29, 0.717) is 12.1 Å². The topological polar surface area (TPSA) is 80.9 Å². The minimum absolute atomic E-state index is 0.199. The van der Waals surface area contributed by atoms with Crippen LogP contribution in [0.5, 0.6) is 0 Å². The molecule has 0 spiro atoms. The van der Waals surface area contributed by atoms with Gasteiger partial charge in [0.15, 0.2) is 0 Å². The average Bonchev–Trinajstić information content (AvgIpc) is 2.70. The van der Waals surface area contributed by atoms with Crippen LogP contribution in [-0.4, -0.2) is 15.9 Å². The Labute approximate surface area is 113 Å². The van der Waals surface area contributed by atoms with Gasteiger partial charge in [0.1, 0.15) is 16.0 Å². The molecule has 7 heteroatoms. The highest BCUT2D eigenvalue weighted by Gasteiger charge is 2.09. The average molecular weight is 283 g/mol. The highest BCUT2D eigenvalue weighted by molar-refractivity contribution is 7.09. The molecule has 0 aliphatic carbocycles. The fraction of sp³-hybridized carbons (Fsp3) is 0.182. The van der Waals surface area contributed by atoms with Crippen molar-refractivity contribution in [2.24, 2.45) is 0 Å². The Bertz CT molecular complexity index is 564. The Hall–Kier alpha value is -1.66. The summed E-state index contributed by atoms with van der Waals surface area (Å²) in [5.41, 5.74) is 6.86. The smallest absolute Gasteiger partial charge is 0.251 e. The first-order valence-electron chi connectivity index (χ1n) is 5.17. The largest absolute Gasteiger partial charge is 0.384 e. The van der Waals surface area contributed by atoms with E-state index >= 15 is 0 Å². The Morgan fingerprint density at radius 1 is 1.50 bits per heavy atom. The molecule has 1 amide bonds. The number of carbonyl (C=O) groups is 1. The second-order valence-electron chi connectivity index (χ2n) is 3.67. The second-order valence-corrected chi connectivity index (χ2v) is 5.00. The number of aryl methyl sites for hydroxylation is 1. The monoisotopic (exact) mass is 282 g/mol. The van der Waals surface area contributed by atoms with Crippen molar-refractivity contribution in [3.63, 3.8) is 0 Å². The third-order valence-corrected chi connectivity index (χ3v) is 3.30. The number of pyridine rings is 1. The predicted octanol–water partition coefficient (Wildman–Crippen LogP) is 2.01. The summed E-state index contributed by atoms with van der Waals surface area (Å²) in [7, 11) is 0. The van der Waals surface area contributed by atoms with Crippen LogP contribution >= 0.6 is 22.9 Å². The van der Waals surface area contributed by atoms with Crippen molar-refractivity contribution in [3.8, 4) is 0 Å². The molecule has 0 aliphatic heterocycles. The van der Waals surface area contributed by atoms with Crippen molar-refractivity contribution in [3.05, 3.63) is 38.9 Å². The van der Waals surface area contributed by atoms with Crippen LogP contribution in [-0.2, 0) is 6.54 Å². The maximum absolute atomic E-state index is 11.9. The number of thiazole rings is 1. The molecule has 0 saturated heterocycles. The number of hydrogen-bond acceptors (Lipinski definition) is 5. The van der Waals surface area contributed by atoms with Crippen LogP contribution in [0.1, 0.15) is 21.1 Å². The highest BCUT2D eigenvalue weighted by Crippen LogP contribution is 2.13. The quantitative estimate of drug-likeness (QED) is 0.844. The fourth-order valence-electron chi connectivity index (χ4n) is 1.39. The SMILES string of the molecule is Cc1csc(CNC(=O)c2cc(N)nc(Cl)c2)n1. The lowest BCUT2D eigenvalue weighted by molar-refractivity contribution is 0.0951. The van der Waals surface area contributed by atoms with Crippen molar-refractivity contribution in [2.75, 3.05) is 5.73 Å². The van der Waals surface area contributed by atoms with Gasteiger partial charge in [-0.1, -0.05) is 11.6 Å². The van der Waals surface area contributed by atoms with Gasteiger partial charge in [0.25, 0.3) is 5.91 Å². The molecule has 0 atom stereocenters. The number of nitrogens with zero attached hydrogens (tertiary/aromatic N) is 2. The van der Waals surface area contributed by atoms with E-state index in [1.54, 1.807) is 0 Å². The molecule has 3 N–H and O–H groups in total. The van der Waals surface area contributed by atoms with Crippen molar-refractivity contribution >= 4 is 34.7 Å². The summed E-state index contributed by atoms with van der Waals surface area (Å²) in [6.07, 6.45) is 0. The number of nitrogens with two attached hydrogens (primary N) is 1. The van der Waals surface area contributed by atoms with Crippen molar-refractivity contribution < 1.29 is 4.79 Å². The van der Waals surface area contributed by atoms with Gasteiger partial charge in [-0.25, -0.2) is 9.97 Å². The summed E-state index contributed by atoms with van der Waals surface area (Å²) in [6.45, 7) is 2.29. The maximum Gasteiger partial charge on any atom is 0.251 e. The zero-order chi connectivity index (χ0) is 13.1. The molecule has 94 valence electrons. The number of halogens is 1. The second kappa shape index (κ2) is 5.32. The summed E-state index contributed by atoms with van der Waals surface area (Å²) in [6, 6.07) is 2.95. The fourth-order valence-corrected chi connectivity index (χ4v) is 2.32. The molecule has 2 rings (SSSR count). The van der Waals surface area contributed by atoms with Crippen LogP contribution in [0.4, 0.5) is 5.82 Å². The molecular weight excluding hydrogens is 272 g/mol. The molecule has 0 fully saturated rings. The molecular formula is C11H11ClN4OS. The summed E-state index contributed by atoms with van der Waals surface area (Å²) in [4.78, 5) is 19.9. The van der Waals surface area contributed by atoms with E-state index in [0.717, 1.165) is 10.7 Å². The Kier molecular flexibility index (Phi) is 3.78. The Morgan fingerprint density at radius 2 is 2.28 bits per heavy atom. The third kappa shape index (κ3) is 3.18. The van der Waals surface area contributed by atoms with E-state index in [1.165, 1.54) is 23.5 Å². The summed E-state index contributed by atoms with van der Waals surface area (Å²) < 4.78 is 0. The molecule has 0 radical (unpaired) electrons. The van der Waals surface area contributed by atoms with E-state index in [1.807, 2.05) is 12.3 Å². The standard InChI is InChI=1S/C11H11ClN4OS/c1-6-5-18-10(15-6)4-14-11(17)7-2-8(12)16-9(13)3-7/h2-3,5H,4H2,1H3,(H2,13,16)(H,14,17). The van der Waals surface area contributed by atoms with E-state index < -0.39 is 0 Å². The first-order chi connectivity index (χ1) is 8.54. The summed E-state index contributed by atoms with van der Waals surface area (Å²) in [5, 5.41) is 5.74. The molecule has 0 bridgehead atoms. The van der Waals surface area contributed by atoms with E-state index in [4.69, 9.17) is 17.3 Å². The number of nitrogen functional groups attached to an aromatic ring is 1. The van der Waals surface area contributed by atoms with Gasteiger partial charge in [-0.2, -0.15) is 0 Å². The zero-order valence-corrected chi connectivity index (χ0v) is 11.2. The van der Waals surface area contributed by atoms with Gasteiger partial charge in [0.05, 0.1) is 6.54 Å². The number of aromatic nitrogens is 2. The van der Waals surface area contributed by atoms with Crippen molar-refractivity contribution in [2.45, 2.75) is 13.5 Å². The molecule has 0 aliphatic rings. The molecule has 5 nitrogen and oxygen atoms in total. The molecule has 2 heterocycles. The number of anilines is 1. The highest BCUT2D eigenvalue weighted by atomic mass is 35.5. The molecule has 18 heavy (non-hydrogen) atoms.